The zero-order valence-corrected chi connectivity index (χ0v) is 24.6. The molecule has 230 valence electrons. The number of nitrogens with one attached hydrogen (secondary N) is 1. The van der Waals surface area contributed by atoms with Crippen LogP contribution in [0.2, 0.25) is 0 Å². The van der Waals surface area contributed by atoms with Crippen LogP contribution >= 0.6 is 0 Å². The lowest BCUT2D eigenvalue weighted by Gasteiger charge is -2.32. The first kappa shape index (κ1) is 28.7. The summed E-state index contributed by atoms with van der Waals surface area (Å²) in [6.45, 7) is 3.14. The summed E-state index contributed by atoms with van der Waals surface area (Å²) in [5.74, 6) is -0.278. The number of hydrogen-bond acceptors (Lipinski definition) is 5. The van der Waals surface area contributed by atoms with Crippen LogP contribution in [0.25, 0.3) is 11.3 Å². The molecule has 0 saturated carbocycles. The van der Waals surface area contributed by atoms with E-state index in [9.17, 15) is 13.6 Å². The lowest BCUT2D eigenvalue weighted by molar-refractivity contribution is 0.0513. The summed E-state index contributed by atoms with van der Waals surface area (Å²) in [5, 5.41) is 3.71. The number of benzene rings is 3. The monoisotopic (exact) mass is 601 g/mol. The van der Waals surface area contributed by atoms with Gasteiger partial charge in [0.05, 0.1) is 11.7 Å². The van der Waals surface area contributed by atoms with Gasteiger partial charge in [0.25, 0.3) is 0 Å². The van der Waals surface area contributed by atoms with Crippen molar-refractivity contribution in [3.05, 3.63) is 114 Å². The van der Waals surface area contributed by atoms with Gasteiger partial charge >= 0.3 is 6.09 Å². The third kappa shape index (κ3) is 7.34. The summed E-state index contributed by atoms with van der Waals surface area (Å²) in [6.07, 6.45) is 2.53. The van der Waals surface area contributed by atoms with E-state index >= 15 is 0 Å². The Balaban J connectivity index is 1.23. The number of likely N-dealkylation sites (tertiary alicyclic amines) is 1. The number of hydrogen-bond donors (Lipinski definition) is 1. The normalized spacial score (nSPS) is 20.0. The van der Waals surface area contributed by atoms with Gasteiger partial charge in [-0.2, -0.15) is 0 Å². The minimum absolute atomic E-state index is 0.112. The number of ether oxygens (including phenoxy) is 2. The van der Waals surface area contributed by atoms with Gasteiger partial charge in [0.15, 0.2) is 0 Å². The number of imidazole rings is 1. The van der Waals surface area contributed by atoms with Gasteiger partial charge in [-0.1, -0.05) is 60.7 Å². The maximum Gasteiger partial charge on any atom is 0.410 e. The third-order valence-electron chi connectivity index (χ3n) is 8.40. The van der Waals surface area contributed by atoms with E-state index in [1.54, 1.807) is 11.1 Å². The van der Waals surface area contributed by atoms with Gasteiger partial charge in [0, 0.05) is 52.5 Å². The highest BCUT2D eigenvalue weighted by Crippen LogP contribution is 2.33. The molecule has 3 atom stereocenters. The molecule has 0 bridgehead atoms. The summed E-state index contributed by atoms with van der Waals surface area (Å²) in [5.41, 5.74) is 2.44. The maximum atomic E-state index is 14.9. The van der Waals surface area contributed by atoms with Crippen LogP contribution in [-0.4, -0.2) is 53.4 Å². The van der Waals surface area contributed by atoms with E-state index in [2.05, 4.69) is 5.32 Å². The first-order valence-corrected chi connectivity index (χ1v) is 15.2. The number of amides is 1. The SMILES string of the molecule is [2H][C@H]1CN(C(=O)OCc2ccccc2)C[C@H]1CN[C@@H](c1nc(-c2cc(F)ccc2F)cn1Cc1ccccc1)C1CCOCC1. The Labute approximate surface area is 258 Å². The Morgan fingerprint density at radius 1 is 1.05 bits per heavy atom. The zero-order chi connectivity index (χ0) is 31.2. The molecular weight excluding hydrogens is 562 g/mol. The Kier molecular flexibility index (Phi) is 9.21. The van der Waals surface area contributed by atoms with E-state index < -0.39 is 24.1 Å². The first-order valence-electron chi connectivity index (χ1n) is 15.8. The molecule has 2 fully saturated rings. The van der Waals surface area contributed by atoms with Gasteiger partial charge < -0.3 is 24.3 Å². The Morgan fingerprint density at radius 3 is 2.52 bits per heavy atom. The molecule has 3 heterocycles. The van der Waals surface area contributed by atoms with Crippen LogP contribution < -0.4 is 5.32 Å². The second kappa shape index (κ2) is 14.1. The van der Waals surface area contributed by atoms with Crippen LogP contribution in [0.15, 0.2) is 85.1 Å². The molecule has 0 spiro atoms. The Morgan fingerprint density at radius 2 is 1.77 bits per heavy atom. The van der Waals surface area contributed by atoms with Crippen molar-refractivity contribution in [1.82, 2.24) is 19.8 Å². The van der Waals surface area contributed by atoms with Crippen molar-refractivity contribution in [2.45, 2.75) is 38.4 Å². The summed E-state index contributed by atoms with van der Waals surface area (Å²) in [7, 11) is 0. The minimum Gasteiger partial charge on any atom is -0.445 e. The fourth-order valence-corrected chi connectivity index (χ4v) is 6.02. The van der Waals surface area contributed by atoms with Crippen LogP contribution in [0.3, 0.4) is 0 Å². The predicted molar refractivity (Wildman–Crippen MR) is 164 cm³/mol. The Hall–Kier alpha value is -4.08. The lowest BCUT2D eigenvalue weighted by Crippen LogP contribution is -2.37. The standard InChI is InChI=1S/C35H38F2N4O3/c36-29-11-12-31(37)30(19-29)32-23-41(21-25-7-3-1-4-8-25)34(39-32)33(28-14-17-43-18-15-28)38-20-27-13-16-40(22-27)35(42)44-24-26-9-5-2-6-10-26/h1-12,19,23,27-28,33,38H,13-18,20-22,24H2/t27-,33-/m1/s1/i13D/t13-,27+,33+/m0. The molecule has 4 aromatic rings. The molecular formula is C35H38F2N4O3. The molecule has 2 aliphatic rings. The van der Waals surface area contributed by atoms with Crippen molar-refractivity contribution in [3.8, 4) is 11.3 Å². The molecule has 0 radical (unpaired) electrons. The van der Waals surface area contributed by atoms with E-state index in [1.165, 1.54) is 6.07 Å². The lowest BCUT2D eigenvalue weighted by atomic mass is 9.90. The van der Waals surface area contributed by atoms with Crippen molar-refractivity contribution >= 4 is 6.09 Å². The van der Waals surface area contributed by atoms with Crippen LogP contribution in [0.1, 0.15) is 43.6 Å². The number of aromatic nitrogens is 2. The van der Waals surface area contributed by atoms with Gasteiger partial charge in [-0.05, 0) is 60.4 Å². The zero-order valence-electron chi connectivity index (χ0n) is 25.6. The molecule has 2 saturated heterocycles. The van der Waals surface area contributed by atoms with Crippen molar-refractivity contribution in [3.63, 3.8) is 0 Å². The smallest absolute Gasteiger partial charge is 0.410 e. The number of halogens is 2. The van der Waals surface area contributed by atoms with Gasteiger partial charge in [-0.3, -0.25) is 0 Å². The van der Waals surface area contributed by atoms with Crippen LogP contribution in [0.5, 0.6) is 0 Å². The molecule has 2 aliphatic heterocycles. The van der Waals surface area contributed by atoms with E-state index in [-0.39, 0.29) is 30.0 Å². The molecule has 3 aromatic carbocycles. The van der Waals surface area contributed by atoms with Crippen LogP contribution in [0.4, 0.5) is 13.6 Å². The van der Waals surface area contributed by atoms with Gasteiger partial charge in [-0.25, -0.2) is 18.6 Å². The highest BCUT2D eigenvalue weighted by molar-refractivity contribution is 5.68. The van der Waals surface area contributed by atoms with E-state index in [0.717, 1.165) is 41.9 Å². The third-order valence-corrected chi connectivity index (χ3v) is 8.40. The molecule has 6 rings (SSSR count). The fourth-order valence-electron chi connectivity index (χ4n) is 6.02. The van der Waals surface area contributed by atoms with Crippen LogP contribution in [-0.2, 0) is 22.6 Å². The minimum atomic E-state index is -0.537. The van der Waals surface area contributed by atoms with Gasteiger partial charge in [0.1, 0.15) is 24.1 Å². The van der Waals surface area contributed by atoms with E-state index in [1.807, 2.05) is 65.2 Å². The van der Waals surface area contributed by atoms with E-state index in [4.69, 9.17) is 15.8 Å². The first-order chi connectivity index (χ1) is 21.9. The number of nitrogens with zero attached hydrogens (tertiary/aromatic N) is 3. The van der Waals surface area contributed by atoms with Crippen molar-refractivity contribution in [2.24, 2.45) is 11.8 Å². The van der Waals surface area contributed by atoms with E-state index in [0.29, 0.717) is 45.1 Å². The average molecular weight is 602 g/mol. The van der Waals surface area contributed by atoms with Gasteiger partial charge in [0.2, 0.25) is 0 Å². The molecule has 44 heavy (non-hydrogen) atoms. The average Bonchev–Trinajstić information content (AvgIpc) is 3.65. The fraction of sp³-hybridized carbons (Fsp3) is 0.371. The number of carbonyl (C=O) groups excluding carboxylic acids is 1. The Bertz CT molecular complexity index is 1570. The predicted octanol–water partition coefficient (Wildman–Crippen LogP) is 6.59. The summed E-state index contributed by atoms with van der Waals surface area (Å²) in [6, 6.07) is 22.7. The van der Waals surface area contributed by atoms with Crippen molar-refractivity contribution in [2.75, 3.05) is 32.8 Å². The molecule has 9 heteroatoms. The van der Waals surface area contributed by atoms with Gasteiger partial charge in [-0.15, -0.1) is 0 Å². The molecule has 0 aliphatic carbocycles. The quantitative estimate of drug-likeness (QED) is 0.222. The van der Waals surface area contributed by atoms with Crippen LogP contribution in [0, 0.1) is 23.5 Å². The van der Waals surface area contributed by atoms with Crippen molar-refractivity contribution < 1.29 is 24.4 Å². The summed E-state index contributed by atoms with van der Waals surface area (Å²) in [4.78, 5) is 19.4. The maximum absolute atomic E-state index is 14.9. The molecule has 0 unspecified atom stereocenters. The summed E-state index contributed by atoms with van der Waals surface area (Å²) >= 11 is 0. The number of carbonyl (C=O) groups is 1. The number of rotatable bonds is 10. The largest absolute Gasteiger partial charge is 0.445 e. The summed E-state index contributed by atoms with van der Waals surface area (Å²) < 4.78 is 51.1. The topological polar surface area (TPSA) is 68.6 Å². The highest BCUT2D eigenvalue weighted by atomic mass is 19.1. The second-order valence-electron chi connectivity index (χ2n) is 11.5. The highest BCUT2D eigenvalue weighted by Gasteiger charge is 2.33. The molecule has 1 amide bonds. The molecule has 7 nitrogen and oxygen atoms in total. The van der Waals surface area contributed by atoms with Crippen molar-refractivity contribution in [1.29, 1.82) is 0 Å². The molecule has 1 aromatic heterocycles. The second-order valence-corrected chi connectivity index (χ2v) is 11.5. The molecule has 1 N–H and O–H groups in total.